The third kappa shape index (κ3) is 1.17. The maximum atomic E-state index is 5.95. The first kappa shape index (κ1) is 8.11. The monoisotopic (exact) mass is 171 g/mol. The van der Waals surface area contributed by atoms with Gasteiger partial charge in [-0.05, 0) is 41.8 Å². The molecule has 2 aromatic carbocycles. The number of hydrogen-bond acceptors (Lipinski definition) is 1. The molecule has 0 aromatic heterocycles. The Hall–Kier alpha value is -1.50. The predicted molar refractivity (Wildman–Crippen MR) is 57.8 cm³/mol. The lowest BCUT2D eigenvalue weighted by molar-refractivity contribution is 1.43. The van der Waals surface area contributed by atoms with Crippen LogP contribution in [0.1, 0.15) is 11.1 Å². The molecule has 2 N–H and O–H groups in total. The summed E-state index contributed by atoms with van der Waals surface area (Å²) in [5, 5.41) is 2.53. The molecule has 0 amide bonds. The van der Waals surface area contributed by atoms with E-state index < -0.39 is 0 Å². The van der Waals surface area contributed by atoms with E-state index in [0.29, 0.717) is 0 Å². The Morgan fingerprint density at radius 3 is 2.54 bits per heavy atom. The van der Waals surface area contributed by atoms with Gasteiger partial charge in [-0.1, -0.05) is 24.3 Å². The van der Waals surface area contributed by atoms with E-state index in [-0.39, 0.29) is 0 Å². The summed E-state index contributed by atoms with van der Waals surface area (Å²) in [6.07, 6.45) is 0. The van der Waals surface area contributed by atoms with Gasteiger partial charge in [0.2, 0.25) is 0 Å². The van der Waals surface area contributed by atoms with Crippen LogP contribution >= 0.6 is 0 Å². The van der Waals surface area contributed by atoms with Crippen molar-refractivity contribution in [3.63, 3.8) is 0 Å². The van der Waals surface area contributed by atoms with Crippen LogP contribution in [0.15, 0.2) is 30.3 Å². The molecular weight excluding hydrogens is 158 g/mol. The number of benzene rings is 2. The van der Waals surface area contributed by atoms with Crippen molar-refractivity contribution in [2.75, 3.05) is 5.73 Å². The van der Waals surface area contributed by atoms with Crippen LogP contribution in [0.2, 0.25) is 0 Å². The number of nitrogen functional groups attached to an aromatic ring is 1. The minimum atomic E-state index is 0.915. The van der Waals surface area contributed by atoms with Crippen LogP contribution in [0.5, 0.6) is 0 Å². The lowest BCUT2D eigenvalue weighted by Gasteiger charge is -2.08. The SMILES string of the molecule is Cc1cc2ccccc2c(C)c1N. The fourth-order valence-corrected chi connectivity index (χ4v) is 1.72. The zero-order valence-corrected chi connectivity index (χ0v) is 7.96. The number of fused-ring (bicyclic) bond motifs is 1. The lowest BCUT2D eigenvalue weighted by atomic mass is 10.0. The zero-order valence-electron chi connectivity index (χ0n) is 7.96. The van der Waals surface area contributed by atoms with Crippen molar-refractivity contribution in [3.8, 4) is 0 Å². The van der Waals surface area contributed by atoms with Gasteiger partial charge in [-0.25, -0.2) is 0 Å². The van der Waals surface area contributed by atoms with E-state index in [1.54, 1.807) is 0 Å². The van der Waals surface area contributed by atoms with Crippen molar-refractivity contribution >= 4 is 16.5 Å². The molecule has 0 atom stereocenters. The van der Waals surface area contributed by atoms with Gasteiger partial charge in [-0.2, -0.15) is 0 Å². The van der Waals surface area contributed by atoms with Crippen molar-refractivity contribution in [1.29, 1.82) is 0 Å². The van der Waals surface area contributed by atoms with Crippen molar-refractivity contribution in [2.45, 2.75) is 13.8 Å². The van der Waals surface area contributed by atoms with E-state index in [2.05, 4.69) is 38.1 Å². The topological polar surface area (TPSA) is 26.0 Å². The van der Waals surface area contributed by atoms with Gasteiger partial charge < -0.3 is 5.73 Å². The van der Waals surface area contributed by atoms with Crippen molar-refractivity contribution < 1.29 is 0 Å². The summed E-state index contributed by atoms with van der Waals surface area (Å²) in [6.45, 7) is 4.12. The molecule has 0 aliphatic heterocycles. The summed E-state index contributed by atoms with van der Waals surface area (Å²) in [4.78, 5) is 0. The summed E-state index contributed by atoms with van der Waals surface area (Å²) >= 11 is 0. The van der Waals surface area contributed by atoms with Gasteiger partial charge in [0.1, 0.15) is 0 Å². The molecule has 0 heterocycles. The standard InChI is InChI=1S/C12H13N/c1-8-7-10-5-3-4-6-11(10)9(2)12(8)13/h3-7H,13H2,1-2H3. The Morgan fingerprint density at radius 1 is 1.08 bits per heavy atom. The fraction of sp³-hybridized carbons (Fsp3) is 0.167. The molecule has 0 unspecified atom stereocenters. The Bertz CT molecular complexity index is 458. The number of aryl methyl sites for hydroxylation is 2. The molecule has 0 aliphatic carbocycles. The molecule has 13 heavy (non-hydrogen) atoms. The molecule has 0 fully saturated rings. The summed E-state index contributed by atoms with van der Waals surface area (Å²) in [7, 11) is 0. The number of hydrogen-bond donors (Lipinski definition) is 1. The van der Waals surface area contributed by atoms with Gasteiger partial charge in [0.05, 0.1) is 0 Å². The normalized spacial score (nSPS) is 10.6. The van der Waals surface area contributed by atoms with Crippen LogP contribution in [-0.2, 0) is 0 Å². The first-order valence-corrected chi connectivity index (χ1v) is 4.44. The van der Waals surface area contributed by atoms with Crippen molar-refractivity contribution in [2.24, 2.45) is 0 Å². The fourth-order valence-electron chi connectivity index (χ4n) is 1.72. The van der Waals surface area contributed by atoms with Crippen LogP contribution in [-0.4, -0.2) is 0 Å². The van der Waals surface area contributed by atoms with Crippen LogP contribution in [0.4, 0.5) is 5.69 Å². The van der Waals surface area contributed by atoms with E-state index >= 15 is 0 Å². The third-order valence-corrected chi connectivity index (χ3v) is 2.57. The molecule has 66 valence electrons. The number of nitrogens with two attached hydrogens (primary N) is 1. The van der Waals surface area contributed by atoms with Gasteiger partial charge in [-0.3, -0.25) is 0 Å². The van der Waals surface area contributed by atoms with E-state index in [1.165, 1.54) is 16.3 Å². The average Bonchev–Trinajstić information content (AvgIpc) is 2.15. The molecule has 0 saturated heterocycles. The van der Waals surface area contributed by atoms with Crippen LogP contribution in [0.3, 0.4) is 0 Å². The third-order valence-electron chi connectivity index (χ3n) is 2.57. The smallest absolute Gasteiger partial charge is 0.0379 e. The summed E-state index contributed by atoms with van der Waals surface area (Å²) in [5.74, 6) is 0. The molecule has 2 rings (SSSR count). The zero-order chi connectivity index (χ0) is 9.42. The Labute approximate surface area is 78.2 Å². The maximum absolute atomic E-state index is 5.95. The van der Waals surface area contributed by atoms with Crippen LogP contribution < -0.4 is 5.73 Å². The summed E-state index contributed by atoms with van der Waals surface area (Å²) in [6, 6.07) is 10.5. The first-order valence-electron chi connectivity index (χ1n) is 4.44. The summed E-state index contributed by atoms with van der Waals surface area (Å²) < 4.78 is 0. The van der Waals surface area contributed by atoms with E-state index in [1.807, 2.05) is 6.07 Å². The quantitative estimate of drug-likeness (QED) is 0.606. The molecular formula is C12H13N. The highest BCUT2D eigenvalue weighted by molar-refractivity contribution is 5.90. The van der Waals surface area contributed by atoms with Gasteiger partial charge in [0.25, 0.3) is 0 Å². The van der Waals surface area contributed by atoms with Crippen molar-refractivity contribution in [3.05, 3.63) is 41.5 Å². The lowest BCUT2D eigenvalue weighted by Crippen LogP contribution is -1.94. The second kappa shape index (κ2) is 2.77. The highest BCUT2D eigenvalue weighted by Crippen LogP contribution is 2.26. The van der Waals surface area contributed by atoms with E-state index in [9.17, 15) is 0 Å². The maximum Gasteiger partial charge on any atom is 0.0379 e. The second-order valence-electron chi connectivity index (χ2n) is 3.45. The van der Waals surface area contributed by atoms with Crippen LogP contribution in [0.25, 0.3) is 10.8 Å². The van der Waals surface area contributed by atoms with Gasteiger partial charge in [0.15, 0.2) is 0 Å². The molecule has 2 aromatic rings. The Morgan fingerprint density at radius 2 is 1.77 bits per heavy atom. The highest BCUT2D eigenvalue weighted by atomic mass is 14.6. The average molecular weight is 171 g/mol. The Balaban J connectivity index is 2.94. The minimum absolute atomic E-state index is 0.915. The van der Waals surface area contributed by atoms with Gasteiger partial charge in [0, 0.05) is 5.69 Å². The van der Waals surface area contributed by atoms with E-state index in [4.69, 9.17) is 5.73 Å². The highest BCUT2D eigenvalue weighted by Gasteiger charge is 2.02. The summed E-state index contributed by atoms with van der Waals surface area (Å²) in [5.41, 5.74) is 9.22. The number of anilines is 1. The van der Waals surface area contributed by atoms with Gasteiger partial charge >= 0.3 is 0 Å². The molecule has 0 bridgehead atoms. The second-order valence-corrected chi connectivity index (χ2v) is 3.45. The molecule has 1 nitrogen and oxygen atoms in total. The predicted octanol–water partition coefficient (Wildman–Crippen LogP) is 3.04. The molecule has 1 heteroatoms. The first-order chi connectivity index (χ1) is 6.20. The van der Waals surface area contributed by atoms with E-state index in [0.717, 1.165) is 11.3 Å². The largest absolute Gasteiger partial charge is 0.398 e. The molecule has 0 saturated carbocycles. The number of rotatable bonds is 0. The Kier molecular flexibility index (Phi) is 1.73. The van der Waals surface area contributed by atoms with Crippen molar-refractivity contribution in [1.82, 2.24) is 0 Å². The molecule has 0 spiro atoms. The molecule has 0 radical (unpaired) electrons. The van der Waals surface area contributed by atoms with Crippen LogP contribution in [0, 0.1) is 13.8 Å². The molecule has 0 aliphatic rings. The van der Waals surface area contributed by atoms with Gasteiger partial charge in [-0.15, -0.1) is 0 Å². The minimum Gasteiger partial charge on any atom is -0.398 e.